The lowest BCUT2D eigenvalue weighted by Gasteiger charge is -2.12. The van der Waals surface area contributed by atoms with E-state index in [0.717, 1.165) is 47.6 Å². The number of hydrogen-bond donors (Lipinski definition) is 0. The summed E-state index contributed by atoms with van der Waals surface area (Å²) < 4.78 is 10.5. The first-order valence-corrected chi connectivity index (χ1v) is 9.24. The first-order chi connectivity index (χ1) is 12.0. The molecule has 5 nitrogen and oxygen atoms in total. The highest BCUT2D eigenvalue weighted by atomic mass is 32.1. The Balaban J connectivity index is 1.85. The van der Waals surface area contributed by atoms with Crippen molar-refractivity contribution < 1.29 is 4.74 Å². The van der Waals surface area contributed by atoms with Crippen LogP contribution in [0.2, 0.25) is 0 Å². The first-order valence-electron chi connectivity index (χ1n) is 8.46. The number of rotatable bonds is 6. The summed E-state index contributed by atoms with van der Waals surface area (Å²) in [5.74, 6) is 1.20. The second kappa shape index (κ2) is 7.24. The molecule has 0 bridgehead atoms. The lowest BCUT2D eigenvalue weighted by molar-refractivity contribution is 0.490. The molecule has 0 atom stereocenters. The minimum Gasteiger partial charge on any atom is -0.443 e. The van der Waals surface area contributed by atoms with Crippen LogP contribution < -0.4 is 4.74 Å². The maximum absolute atomic E-state index is 9.47. The third-order valence-corrected chi connectivity index (χ3v) is 5.09. The molecule has 1 saturated carbocycles. The van der Waals surface area contributed by atoms with E-state index in [1.54, 1.807) is 0 Å². The summed E-state index contributed by atoms with van der Waals surface area (Å²) >= 11 is 1.27. The summed E-state index contributed by atoms with van der Waals surface area (Å²) in [6.07, 6.45) is 4.07. The predicted octanol–water partition coefficient (Wildman–Crippen LogP) is 4.91. The minimum atomic E-state index is 0.443. The van der Waals surface area contributed by atoms with E-state index in [1.807, 2.05) is 44.3 Å². The molecular weight excluding hydrogens is 332 g/mol. The molecule has 1 aliphatic rings. The molecule has 1 heterocycles. The molecule has 25 heavy (non-hydrogen) atoms. The largest absolute Gasteiger partial charge is 0.443 e. The normalized spacial score (nSPS) is 13.9. The van der Waals surface area contributed by atoms with Gasteiger partial charge in [0.2, 0.25) is 5.06 Å². The summed E-state index contributed by atoms with van der Waals surface area (Å²) in [5.41, 5.74) is 4.44. The molecule has 1 aromatic carbocycles. The Morgan fingerprint density at radius 3 is 2.80 bits per heavy atom. The van der Waals surface area contributed by atoms with Gasteiger partial charge in [-0.1, -0.05) is 0 Å². The van der Waals surface area contributed by atoms with Gasteiger partial charge in [-0.3, -0.25) is 0 Å². The first kappa shape index (κ1) is 17.4. The molecule has 0 aliphatic heterocycles. The molecule has 2 aromatic rings. The van der Waals surface area contributed by atoms with Crippen molar-refractivity contribution in [1.29, 1.82) is 5.26 Å². The van der Waals surface area contributed by atoms with E-state index in [1.165, 1.54) is 11.5 Å². The van der Waals surface area contributed by atoms with Gasteiger partial charge in [-0.25, -0.2) is 4.99 Å². The van der Waals surface area contributed by atoms with E-state index in [9.17, 15) is 5.26 Å². The van der Waals surface area contributed by atoms with Crippen LogP contribution in [-0.4, -0.2) is 29.2 Å². The average Bonchev–Trinajstić information content (AvgIpc) is 3.37. The third-order valence-electron chi connectivity index (χ3n) is 4.35. The van der Waals surface area contributed by atoms with Crippen molar-refractivity contribution in [3.05, 3.63) is 34.5 Å². The molecule has 1 fully saturated rings. The van der Waals surface area contributed by atoms with Gasteiger partial charge in [-0.2, -0.15) is 9.64 Å². The van der Waals surface area contributed by atoms with Crippen LogP contribution in [0.5, 0.6) is 10.8 Å². The number of ether oxygens (including phenoxy) is 1. The Labute approximate surface area is 152 Å². The van der Waals surface area contributed by atoms with Gasteiger partial charge in [0, 0.05) is 31.0 Å². The number of nitrogens with zero attached hydrogens (tertiary/aromatic N) is 4. The molecule has 130 valence electrons. The summed E-state index contributed by atoms with van der Waals surface area (Å²) in [7, 11) is 1.99. The molecule has 1 aliphatic carbocycles. The standard InChI is InChI=1S/C19H22N4OS/c1-5-23(4)11-21-16-8-13(3)17(9-12(16)2)24-19-15(10-20)18(22-25-19)14-6-7-14/h8-9,11,14H,5-7H2,1-4H3/b21-11-. The molecule has 0 amide bonds. The van der Waals surface area contributed by atoms with E-state index in [2.05, 4.69) is 22.4 Å². The molecule has 1 aromatic heterocycles. The maximum atomic E-state index is 9.47. The average molecular weight is 354 g/mol. The quantitative estimate of drug-likeness (QED) is 0.546. The smallest absolute Gasteiger partial charge is 0.218 e. The SMILES string of the molecule is CCN(C)/C=N\c1cc(C)c(Oc2snc(C3CC3)c2C#N)cc1C. The van der Waals surface area contributed by atoms with Crippen LogP contribution in [0, 0.1) is 25.2 Å². The van der Waals surface area contributed by atoms with Crippen LogP contribution in [0.3, 0.4) is 0 Å². The Bertz CT molecular complexity index is 846. The number of aryl methyl sites for hydroxylation is 2. The topological polar surface area (TPSA) is 61.5 Å². The van der Waals surface area contributed by atoms with Crippen molar-refractivity contribution in [1.82, 2.24) is 9.27 Å². The van der Waals surface area contributed by atoms with Crippen LogP contribution in [0.4, 0.5) is 5.69 Å². The van der Waals surface area contributed by atoms with Crippen molar-refractivity contribution >= 4 is 23.6 Å². The van der Waals surface area contributed by atoms with E-state index < -0.39 is 0 Å². The fraction of sp³-hybridized carbons (Fsp3) is 0.421. The van der Waals surface area contributed by atoms with Crippen molar-refractivity contribution in [3.8, 4) is 16.9 Å². The van der Waals surface area contributed by atoms with Gasteiger partial charge in [0.25, 0.3) is 0 Å². The van der Waals surface area contributed by atoms with E-state index in [4.69, 9.17) is 4.74 Å². The maximum Gasteiger partial charge on any atom is 0.218 e. The molecule has 3 rings (SSSR count). The predicted molar refractivity (Wildman–Crippen MR) is 101 cm³/mol. The Hall–Kier alpha value is -2.39. The molecule has 6 heteroatoms. The molecule has 0 unspecified atom stereocenters. The van der Waals surface area contributed by atoms with Gasteiger partial charge in [-0.15, -0.1) is 0 Å². The van der Waals surface area contributed by atoms with Crippen molar-refractivity contribution in [2.24, 2.45) is 4.99 Å². The van der Waals surface area contributed by atoms with Gasteiger partial charge in [-0.05, 0) is 56.9 Å². The number of benzene rings is 1. The van der Waals surface area contributed by atoms with Gasteiger partial charge in [0.1, 0.15) is 17.4 Å². The molecule has 0 N–H and O–H groups in total. The summed E-state index contributed by atoms with van der Waals surface area (Å²) in [6, 6.07) is 6.26. The van der Waals surface area contributed by atoms with Gasteiger partial charge < -0.3 is 9.64 Å². The summed E-state index contributed by atoms with van der Waals surface area (Å²) in [6.45, 7) is 7.00. The zero-order chi connectivity index (χ0) is 18.0. The second-order valence-corrected chi connectivity index (χ2v) is 7.18. The number of nitriles is 1. The summed E-state index contributed by atoms with van der Waals surface area (Å²) in [5, 5.41) is 10.1. The van der Waals surface area contributed by atoms with Crippen LogP contribution in [0.15, 0.2) is 17.1 Å². The lowest BCUT2D eigenvalue weighted by Crippen LogP contribution is -2.14. The molecular formula is C19H22N4OS. The number of aliphatic imine (C=N–C) groups is 1. The highest BCUT2D eigenvalue weighted by Crippen LogP contribution is 2.45. The number of hydrogen-bond acceptors (Lipinski definition) is 5. The van der Waals surface area contributed by atoms with Crippen molar-refractivity contribution in [2.45, 2.75) is 39.5 Å². The molecule has 0 radical (unpaired) electrons. The zero-order valence-electron chi connectivity index (χ0n) is 15.0. The van der Waals surface area contributed by atoms with E-state index in [0.29, 0.717) is 16.5 Å². The fourth-order valence-corrected chi connectivity index (χ4v) is 3.25. The van der Waals surface area contributed by atoms with Crippen LogP contribution in [0.1, 0.15) is 48.1 Å². The Morgan fingerprint density at radius 1 is 1.40 bits per heavy atom. The lowest BCUT2D eigenvalue weighted by atomic mass is 10.1. The highest BCUT2D eigenvalue weighted by Gasteiger charge is 2.31. The molecule has 0 saturated heterocycles. The van der Waals surface area contributed by atoms with Crippen LogP contribution >= 0.6 is 11.5 Å². The van der Waals surface area contributed by atoms with Gasteiger partial charge >= 0.3 is 0 Å². The number of aromatic nitrogens is 1. The molecule has 0 spiro atoms. The zero-order valence-corrected chi connectivity index (χ0v) is 15.9. The minimum absolute atomic E-state index is 0.443. The third kappa shape index (κ3) is 3.83. The van der Waals surface area contributed by atoms with Gasteiger partial charge in [0.15, 0.2) is 0 Å². The monoisotopic (exact) mass is 354 g/mol. The van der Waals surface area contributed by atoms with Crippen molar-refractivity contribution in [3.63, 3.8) is 0 Å². The summed E-state index contributed by atoms with van der Waals surface area (Å²) in [4.78, 5) is 6.56. The highest BCUT2D eigenvalue weighted by molar-refractivity contribution is 7.08. The fourth-order valence-electron chi connectivity index (χ4n) is 2.46. The van der Waals surface area contributed by atoms with Crippen LogP contribution in [0.25, 0.3) is 0 Å². The van der Waals surface area contributed by atoms with Crippen LogP contribution in [-0.2, 0) is 0 Å². The second-order valence-electron chi connectivity index (χ2n) is 6.44. The Morgan fingerprint density at radius 2 is 2.16 bits per heavy atom. The van der Waals surface area contributed by atoms with Crippen molar-refractivity contribution in [2.75, 3.05) is 13.6 Å². The van der Waals surface area contributed by atoms with E-state index >= 15 is 0 Å². The van der Waals surface area contributed by atoms with E-state index in [-0.39, 0.29) is 0 Å². The Kier molecular flexibility index (Phi) is 5.05. The van der Waals surface area contributed by atoms with Gasteiger partial charge in [0.05, 0.1) is 17.7 Å².